The lowest BCUT2D eigenvalue weighted by atomic mass is 9.76. The van der Waals surface area contributed by atoms with Crippen LogP contribution in [0.2, 0.25) is 0 Å². The van der Waals surface area contributed by atoms with Gasteiger partial charge in [0.05, 0.1) is 17.5 Å². The zero-order valence-electron chi connectivity index (χ0n) is 22.5. The molecular weight excluding hydrogens is 520 g/mol. The molecule has 5 rings (SSSR count). The van der Waals surface area contributed by atoms with Crippen LogP contribution in [0.4, 0.5) is 0 Å². The van der Waals surface area contributed by atoms with Gasteiger partial charge in [-0.3, -0.25) is 0 Å². The van der Waals surface area contributed by atoms with Crippen LogP contribution in [0.1, 0.15) is 48.7 Å². The molecule has 0 aliphatic rings. The predicted octanol–water partition coefficient (Wildman–Crippen LogP) is 5.61. The van der Waals surface area contributed by atoms with Crippen molar-refractivity contribution in [3.05, 3.63) is 161 Å². The zero-order valence-corrected chi connectivity index (χ0v) is 22.5. The van der Waals surface area contributed by atoms with Gasteiger partial charge in [0.15, 0.2) is 0 Å². The standard InChI is InChI=1S/C33H28N2O6/c1-40-33(41-2,28-19-18-23(30(36)37)20-27(28)31(38)39)29-21-35(22-34-29)32(24-12-6-3-7-13-24,25-14-8-4-9-15-25)26-16-10-5-11-17-26/h3-22H,1-2H3,(H,36,37)(H,38,39). The van der Waals surface area contributed by atoms with E-state index in [2.05, 4.69) is 0 Å². The third-order valence-electron chi connectivity index (χ3n) is 7.31. The first-order valence-corrected chi connectivity index (χ1v) is 12.8. The SMILES string of the molecule is COC(OC)(c1cn(C(c2ccccc2)(c2ccccc2)c2ccccc2)cn1)c1ccc(C(=O)O)cc1C(=O)O. The van der Waals surface area contributed by atoms with Gasteiger partial charge in [-0.1, -0.05) is 97.1 Å². The average Bonchev–Trinajstić information content (AvgIpc) is 3.51. The number of hydrogen-bond acceptors (Lipinski definition) is 5. The molecule has 0 unspecified atom stereocenters. The Hall–Kier alpha value is -5.05. The molecule has 0 fully saturated rings. The van der Waals surface area contributed by atoms with Gasteiger partial charge in [-0.25, -0.2) is 14.6 Å². The Labute approximate surface area is 237 Å². The van der Waals surface area contributed by atoms with Crippen LogP contribution in [0.25, 0.3) is 0 Å². The van der Waals surface area contributed by atoms with Crippen LogP contribution in [0.3, 0.4) is 0 Å². The summed E-state index contributed by atoms with van der Waals surface area (Å²) in [6.07, 6.45) is 3.44. The highest BCUT2D eigenvalue weighted by atomic mass is 16.7. The smallest absolute Gasteiger partial charge is 0.336 e. The average molecular weight is 549 g/mol. The number of nitrogens with zero attached hydrogens (tertiary/aromatic N) is 2. The first-order chi connectivity index (χ1) is 19.9. The van der Waals surface area contributed by atoms with Crippen molar-refractivity contribution >= 4 is 11.9 Å². The summed E-state index contributed by atoms with van der Waals surface area (Å²) in [5, 5.41) is 19.5. The molecule has 5 aromatic rings. The molecule has 2 N–H and O–H groups in total. The van der Waals surface area contributed by atoms with E-state index >= 15 is 0 Å². The maximum atomic E-state index is 12.3. The second-order valence-corrected chi connectivity index (χ2v) is 9.37. The maximum Gasteiger partial charge on any atom is 0.336 e. The minimum absolute atomic E-state index is 0.106. The van der Waals surface area contributed by atoms with E-state index < -0.39 is 23.3 Å². The Morgan fingerprint density at radius 2 is 1.20 bits per heavy atom. The number of imidazole rings is 1. The molecule has 0 saturated carbocycles. The molecule has 0 saturated heterocycles. The van der Waals surface area contributed by atoms with Crippen molar-refractivity contribution in [2.24, 2.45) is 0 Å². The van der Waals surface area contributed by atoms with Crippen molar-refractivity contribution in [3.63, 3.8) is 0 Å². The number of aromatic carboxylic acids is 2. The van der Waals surface area contributed by atoms with Crippen LogP contribution in [0.5, 0.6) is 0 Å². The van der Waals surface area contributed by atoms with Gasteiger partial charge in [0.1, 0.15) is 11.2 Å². The minimum atomic E-state index is -1.76. The highest BCUT2D eigenvalue weighted by Gasteiger charge is 2.44. The van der Waals surface area contributed by atoms with Gasteiger partial charge < -0.3 is 24.3 Å². The summed E-state index contributed by atoms with van der Waals surface area (Å²) >= 11 is 0. The first kappa shape index (κ1) is 27.5. The Bertz CT molecular complexity index is 1570. The summed E-state index contributed by atoms with van der Waals surface area (Å²) in [6.45, 7) is 0. The lowest BCUT2D eigenvalue weighted by Gasteiger charge is -2.37. The van der Waals surface area contributed by atoms with Crippen molar-refractivity contribution in [2.45, 2.75) is 11.3 Å². The van der Waals surface area contributed by atoms with Crippen LogP contribution in [-0.4, -0.2) is 45.9 Å². The zero-order chi connectivity index (χ0) is 29.0. The predicted molar refractivity (Wildman–Crippen MR) is 152 cm³/mol. The topological polar surface area (TPSA) is 111 Å². The van der Waals surface area contributed by atoms with Crippen LogP contribution < -0.4 is 0 Å². The number of hydrogen-bond donors (Lipinski definition) is 2. The molecule has 0 spiro atoms. The minimum Gasteiger partial charge on any atom is -0.478 e. The van der Waals surface area contributed by atoms with Crippen molar-refractivity contribution in [1.82, 2.24) is 9.55 Å². The van der Waals surface area contributed by atoms with E-state index in [-0.39, 0.29) is 22.4 Å². The monoisotopic (exact) mass is 548 g/mol. The molecule has 206 valence electrons. The van der Waals surface area contributed by atoms with Gasteiger partial charge in [0, 0.05) is 26.0 Å². The van der Waals surface area contributed by atoms with Crippen LogP contribution >= 0.6 is 0 Å². The van der Waals surface area contributed by atoms with Crippen LogP contribution in [-0.2, 0) is 20.8 Å². The van der Waals surface area contributed by atoms with Gasteiger partial charge in [0.2, 0.25) is 5.79 Å². The Kier molecular flexibility index (Phi) is 7.52. The van der Waals surface area contributed by atoms with E-state index in [4.69, 9.17) is 14.5 Å². The lowest BCUT2D eigenvalue weighted by Crippen LogP contribution is -2.38. The molecule has 8 heteroatoms. The van der Waals surface area contributed by atoms with Crippen molar-refractivity contribution in [3.8, 4) is 0 Å². The number of methoxy groups -OCH3 is 2. The summed E-state index contributed by atoms with van der Waals surface area (Å²) in [5.41, 5.74) is 1.98. The van der Waals surface area contributed by atoms with Crippen molar-refractivity contribution in [2.75, 3.05) is 14.2 Å². The molecule has 8 nitrogen and oxygen atoms in total. The van der Waals surface area contributed by atoms with E-state index in [1.165, 1.54) is 26.4 Å². The van der Waals surface area contributed by atoms with Crippen molar-refractivity contribution < 1.29 is 29.3 Å². The number of carboxylic acid groups (broad SMARTS) is 2. The van der Waals surface area contributed by atoms with Gasteiger partial charge in [-0.05, 0) is 28.8 Å². The fourth-order valence-electron chi connectivity index (χ4n) is 5.45. The number of rotatable bonds is 10. The molecule has 1 aromatic heterocycles. The van der Waals surface area contributed by atoms with Gasteiger partial charge in [-0.15, -0.1) is 0 Å². The number of carbonyl (C=O) groups is 2. The third-order valence-corrected chi connectivity index (χ3v) is 7.31. The largest absolute Gasteiger partial charge is 0.478 e. The Morgan fingerprint density at radius 3 is 1.61 bits per heavy atom. The lowest BCUT2D eigenvalue weighted by molar-refractivity contribution is -0.186. The highest BCUT2D eigenvalue weighted by Crippen LogP contribution is 2.43. The van der Waals surface area contributed by atoms with E-state index in [9.17, 15) is 19.8 Å². The van der Waals surface area contributed by atoms with Crippen LogP contribution in [0, 0.1) is 0 Å². The van der Waals surface area contributed by atoms with E-state index in [0.29, 0.717) is 0 Å². The molecule has 0 amide bonds. The summed E-state index contributed by atoms with van der Waals surface area (Å²) < 4.78 is 13.7. The maximum absolute atomic E-state index is 12.3. The fraction of sp³-hybridized carbons (Fsp3) is 0.121. The summed E-state index contributed by atoms with van der Waals surface area (Å²) in [4.78, 5) is 28.6. The summed E-state index contributed by atoms with van der Waals surface area (Å²) in [5.74, 6) is -4.33. The number of carboxylic acids is 2. The number of ether oxygens (including phenoxy) is 2. The van der Waals surface area contributed by atoms with E-state index in [1.807, 2.05) is 95.6 Å². The number of benzene rings is 4. The second-order valence-electron chi connectivity index (χ2n) is 9.37. The van der Waals surface area contributed by atoms with Gasteiger partial charge in [-0.2, -0.15) is 0 Å². The van der Waals surface area contributed by atoms with E-state index in [1.54, 1.807) is 12.5 Å². The highest BCUT2D eigenvalue weighted by molar-refractivity contribution is 5.95. The van der Waals surface area contributed by atoms with E-state index in [0.717, 1.165) is 22.8 Å². The number of aromatic nitrogens is 2. The van der Waals surface area contributed by atoms with Gasteiger partial charge in [0.25, 0.3) is 0 Å². The quantitative estimate of drug-likeness (QED) is 0.172. The molecule has 0 aliphatic heterocycles. The summed E-state index contributed by atoms with van der Waals surface area (Å²) in [6, 6.07) is 33.8. The van der Waals surface area contributed by atoms with Crippen LogP contribution in [0.15, 0.2) is 122 Å². The molecule has 0 atom stereocenters. The third kappa shape index (κ3) is 4.59. The molecule has 0 aliphatic carbocycles. The van der Waals surface area contributed by atoms with Crippen molar-refractivity contribution in [1.29, 1.82) is 0 Å². The fourth-order valence-corrected chi connectivity index (χ4v) is 5.45. The normalized spacial score (nSPS) is 11.8. The Morgan fingerprint density at radius 1 is 0.707 bits per heavy atom. The first-order valence-electron chi connectivity index (χ1n) is 12.8. The molecule has 0 bridgehead atoms. The Balaban J connectivity index is 1.80. The molecule has 0 radical (unpaired) electrons. The molecular formula is C33H28N2O6. The molecule has 41 heavy (non-hydrogen) atoms. The summed E-state index contributed by atoms with van der Waals surface area (Å²) in [7, 11) is 2.77. The molecule has 1 heterocycles. The van der Waals surface area contributed by atoms with Gasteiger partial charge >= 0.3 is 11.9 Å². The second kappa shape index (κ2) is 11.2. The molecule has 4 aromatic carbocycles.